The Labute approximate surface area is 236 Å². The molecular formula is C24H20N5O9S3+. The molecule has 0 atom stereocenters. The lowest BCUT2D eigenvalue weighted by atomic mass is 10.1. The van der Waals surface area contributed by atoms with Crippen LogP contribution in [-0.2, 0) is 20.2 Å². The summed E-state index contributed by atoms with van der Waals surface area (Å²) in [5.41, 5.74) is 1.23. The van der Waals surface area contributed by atoms with E-state index in [-0.39, 0.29) is 28.0 Å². The van der Waals surface area contributed by atoms with Crippen LogP contribution in [0.1, 0.15) is 5.56 Å². The van der Waals surface area contributed by atoms with E-state index >= 15 is 0 Å². The van der Waals surface area contributed by atoms with Gasteiger partial charge in [0.15, 0.2) is 17.0 Å². The minimum absolute atomic E-state index is 0.00695. The zero-order valence-corrected chi connectivity index (χ0v) is 23.7. The number of benzene rings is 3. The molecule has 5 aromatic rings. The quantitative estimate of drug-likeness (QED) is 0.210. The van der Waals surface area contributed by atoms with Gasteiger partial charge in [-0.1, -0.05) is 22.4 Å². The third kappa shape index (κ3) is 4.97. The Kier molecular flexibility index (Phi) is 6.42. The largest absolute Gasteiger partial charge is 0.495 e. The van der Waals surface area contributed by atoms with Gasteiger partial charge in [0.05, 0.1) is 17.4 Å². The minimum Gasteiger partial charge on any atom is -0.495 e. The van der Waals surface area contributed by atoms with Gasteiger partial charge in [-0.3, -0.25) is 9.11 Å². The summed E-state index contributed by atoms with van der Waals surface area (Å²) in [4.78, 5) is 6.12. The van der Waals surface area contributed by atoms with Crippen LogP contribution in [0.25, 0.3) is 32.4 Å². The Bertz CT molecular complexity index is 2030. The molecular weight excluding hydrogens is 598 g/mol. The molecule has 0 spiro atoms. The molecule has 0 radical (unpaired) electrons. The van der Waals surface area contributed by atoms with Crippen LogP contribution in [0.2, 0.25) is 0 Å². The van der Waals surface area contributed by atoms with Crippen LogP contribution in [0, 0.1) is 6.92 Å². The molecule has 3 aromatic carbocycles. The average molecular weight is 619 g/mol. The Morgan fingerprint density at radius 2 is 1.66 bits per heavy atom. The van der Waals surface area contributed by atoms with Gasteiger partial charge in [0.25, 0.3) is 26.1 Å². The molecule has 17 heteroatoms. The predicted octanol–water partition coefficient (Wildman–Crippen LogP) is 2.40. The highest BCUT2D eigenvalue weighted by atomic mass is 32.2. The lowest BCUT2D eigenvalue weighted by Gasteiger charge is -2.17. The lowest BCUT2D eigenvalue weighted by Crippen LogP contribution is -2.43. The number of methoxy groups -OCH3 is 1. The number of hydrogen-bond acceptors (Lipinski definition) is 11. The first-order chi connectivity index (χ1) is 19.4. The molecule has 0 saturated heterocycles. The predicted molar refractivity (Wildman–Crippen MR) is 143 cm³/mol. The molecule has 212 valence electrons. The fourth-order valence-corrected chi connectivity index (χ4v) is 6.60. The van der Waals surface area contributed by atoms with Crippen molar-refractivity contribution in [2.45, 2.75) is 16.7 Å². The van der Waals surface area contributed by atoms with Gasteiger partial charge < -0.3 is 14.2 Å². The molecule has 0 amide bonds. The summed E-state index contributed by atoms with van der Waals surface area (Å²) < 4.78 is 85.5. The molecule has 0 saturated carbocycles. The molecule has 0 aliphatic carbocycles. The topological polar surface area (TPSA) is 184 Å². The second-order valence-corrected chi connectivity index (χ2v) is 12.6. The van der Waals surface area contributed by atoms with Crippen LogP contribution in [0.3, 0.4) is 0 Å². The summed E-state index contributed by atoms with van der Waals surface area (Å²) in [5.74, 6) is 0.850. The van der Waals surface area contributed by atoms with E-state index in [0.717, 1.165) is 10.8 Å². The number of aryl methyl sites for hydroxylation is 1. The summed E-state index contributed by atoms with van der Waals surface area (Å²) in [5, 5.41) is 9.21. The molecule has 2 aromatic heterocycles. The van der Waals surface area contributed by atoms with Crippen LogP contribution < -0.4 is 19.0 Å². The SMILES string of the molecule is COc1ccc(-n2nc(-c3ccc(C)cc3S(=O)(=O)O)n[n+]2-c2nc3cc4c(cc3s2)OCCO4)cc1S(=O)(=O)O. The van der Waals surface area contributed by atoms with E-state index in [1.165, 1.54) is 52.3 Å². The lowest BCUT2D eigenvalue weighted by molar-refractivity contribution is -0.734. The van der Waals surface area contributed by atoms with Crippen molar-refractivity contribution in [1.82, 2.24) is 20.0 Å². The van der Waals surface area contributed by atoms with Gasteiger partial charge in [-0.05, 0) is 57.5 Å². The zero-order chi connectivity index (χ0) is 29.1. The van der Waals surface area contributed by atoms with Crippen molar-refractivity contribution in [1.29, 1.82) is 0 Å². The molecule has 0 bridgehead atoms. The van der Waals surface area contributed by atoms with Crippen molar-refractivity contribution in [2.24, 2.45) is 0 Å². The highest BCUT2D eigenvalue weighted by Crippen LogP contribution is 2.37. The molecule has 0 unspecified atom stereocenters. The van der Waals surface area contributed by atoms with E-state index in [2.05, 4.69) is 15.2 Å². The van der Waals surface area contributed by atoms with E-state index < -0.39 is 30.0 Å². The summed E-state index contributed by atoms with van der Waals surface area (Å²) >= 11 is 1.20. The van der Waals surface area contributed by atoms with E-state index in [1.54, 1.807) is 25.1 Å². The third-order valence-electron chi connectivity index (χ3n) is 6.08. The van der Waals surface area contributed by atoms with Gasteiger partial charge in [-0.2, -0.15) is 16.8 Å². The number of aromatic nitrogens is 5. The average Bonchev–Trinajstić information content (AvgIpc) is 3.54. The normalized spacial score (nSPS) is 13.5. The van der Waals surface area contributed by atoms with Gasteiger partial charge in [0.1, 0.15) is 34.4 Å². The number of tetrazole rings is 1. The third-order valence-corrected chi connectivity index (χ3v) is 8.83. The number of thiazole rings is 1. The van der Waals surface area contributed by atoms with Crippen LogP contribution >= 0.6 is 11.3 Å². The van der Waals surface area contributed by atoms with Crippen molar-refractivity contribution in [3.63, 3.8) is 0 Å². The van der Waals surface area contributed by atoms with Gasteiger partial charge in [-0.15, -0.1) is 0 Å². The fraction of sp³-hybridized carbons (Fsp3) is 0.167. The van der Waals surface area contributed by atoms with Crippen LogP contribution in [0.5, 0.6) is 17.2 Å². The number of ether oxygens (including phenoxy) is 3. The molecule has 1 aliphatic rings. The summed E-state index contributed by atoms with van der Waals surface area (Å²) in [6.45, 7) is 2.45. The van der Waals surface area contributed by atoms with Gasteiger partial charge in [0, 0.05) is 17.2 Å². The van der Waals surface area contributed by atoms with Gasteiger partial charge in [-0.25, -0.2) is 0 Å². The first-order valence-electron chi connectivity index (χ1n) is 11.8. The molecule has 6 rings (SSSR count). The number of hydrogen-bond donors (Lipinski definition) is 2. The van der Waals surface area contributed by atoms with E-state index in [4.69, 9.17) is 14.2 Å². The maximum atomic E-state index is 12.2. The second kappa shape index (κ2) is 9.74. The van der Waals surface area contributed by atoms with Crippen molar-refractivity contribution >= 4 is 41.8 Å². The van der Waals surface area contributed by atoms with Crippen LogP contribution in [0.4, 0.5) is 0 Å². The Morgan fingerprint density at radius 3 is 2.34 bits per heavy atom. The van der Waals surface area contributed by atoms with Crippen LogP contribution in [-0.4, -0.2) is 66.2 Å². The maximum absolute atomic E-state index is 12.2. The molecule has 0 fully saturated rings. The number of nitrogens with zero attached hydrogens (tertiary/aromatic N) is 5. The summed E-state index contributed by atoms with van der Waals surface area (Å²) in [7, 11) is -8.13. The standard InChI is InChI=1S/C24H19N5O9S3/c1-13-3-5-15(21(9-13)40(30,31)32)23-26-28(14-4-6-17(36-2)22(10-14)41(33,34)35)29(27-23)24-25-16-11-18-19(12-20(16)39-24)38-8-7-37-18/h3-6,9-12H,7-8H2,1-2H3,(H-,30,31,32,33,34,35)/p+1. The van der Waals surface area contributed by atoms with E-state index in [0.29, 0.717) is 35.8 Å². The smallest absolute Gasteiger partial charge is 0.365 e. The van der Waals surface area contributed by atoms with Crippen molar-refractivity contribution in [3.05, 3.63) is 54.1 Å². The van der Waals surface area contributed by atoms with Crippen LogP contribution in [0.15, 0.2) is 58.3 Å². The van der Waals surface area contributed by atoms with Crippen molar-refractivity contribution in [3.8, 4) is 39.5 Å². The fourth-order valence-electron chi connectivity index (χ4n) is 4.24. The molecule has 3 heterocycles. The Balaban J connectivity index is 1.61. The Morgan fingerprint density at radius 1 is 0.951 bits per heavy atom. The molecule has 1 aliphatic heterocycles. The second-order valence-electron chi connectivity index (χ2n) is 8.85. The summed E-state index contributed by atoms with van der Waals surface area (Å²) in [6.07, 6.45) is 0. The highest BCUT2D eigenvalue weighted by molar-refractivity contribution is 7.86. The first kappa shape index (κ1) is 27.0. The zero-order valence-electron chi connectivity index (χ0n) is 21.2. The number of rotatable bonds is 6. The number of fused-ring (bicyclic) bond motifs is 2. The van der Waals surface area contributed by atoms with E-state index in [9.17, 15) is 25.9 Å². The highest BCUT2D eigenvalue weighted by Gasteiger charge is 2.30. The van der Waals surface area contributed by atoms with Crippen molar-refractivity contribution < 1.29 is 44.9 Å². The van der Waals surface area contributed by atoms with E-state index in [1.807, 2.05) is 0 Å². The van der Waals surface area contributed by atoms with Crippen molar-refractivity contribution in [2.75, 3.05) is 20.3 Å². The Hall–Kier alpha value is -4.16. The monoisotopic (exact) mass is 618 g/mol. The minimum atomic E-state index is -4.71. The molecule has 2 N–H and O–H groups in total. The van der Waals surface area contributed by atoms with Gasteiger partial charge in [0.2, 0.25) is 0 Å². The molecule has 41 heavy (non-hydrogen) atoms. The first-order valence-corrected chi connectivity index (χ1v) is 15.5. The molecule has 14 nitrogen and oxygen atoms in total. The summed E-state index contributed by atoms with van der Waals surface area (Å²) in [6, 6.07) is 11.7. The maximum Gasteiger partial charge on any atom is 0.365 e. The van der Waals surface area contributed by atoms with Gasteiger partial charge >= 0.3 is 5.13 Å².